The van der Waals surface area contributed by atoms with E-state index in [0.717, 1.165) is 33.3 Å². The molecule has 0 aliphatic carbocycles. The molecule has 0 aliphatic heterocycles. The summed E-state index contributed by atoms with van der Waals surface area (Å²) in [6.07, 6.45) is 1.19. The fourth-order valence-corrected chi connectivity index (χ4v) is 4.32. The zero-order valence-electron chi connectivity index (χ0n) is 15.5. The number of ether oxygens (including phenoxy) is 1. The Morgan fingerprint density at radius 1 is 1.19 bits per heavy atom. The highest BCUT2D eigenvalue weighted by Gasteiger charge is 2.19. The van der Waals surface area contributed by atoms with Gasteiger partial charge in [0.05, 0.1) is 12.7 Å². The van der Waals surface area contributed by atoms with E-state index in [1.54, 1.807) is 25.9 Å². The van der Waals surface area contributed by atoms with Crippen LogP contribution in [0.25, 0.3) is 0 Å². The summed E-state index contributed by atoms with van der Waals surface area (Å²) in [5.41, 5.74) is 1.48. The summed E-state index contributed by atoms with van der Waals surface area (Å²) in [5, 5.41) is 6.16. The van der Waals surface area contributed by atoms with Crippen LogP contribution in [0, 0.1) is 13.8 Å². The fraction of sp³-hybridized carbons (Fsp3) is 0.368. The first kappa shape index (κ1) is 20.3. The third kappa shape index (κ3) is 5.25. The Balaban J connectivity index is 1.83. The van der Waals surface area contributed by atoms with E-state index in [9.17, 15) is 9.59 Å². The number of nitrogens with one attached hydrogen (secondary N) is 2. The quantitative estimate of drug-likeness (QED) is 0.521. The molecule has 140 valence electrons. The summed E-state index contributed by atoms with van der Waals surface area (Å²) in [6, 6.07) is 7.88. The number of amides is 2. The van der Waals surface area contributed by atoms with Crippen LogP contribution in [0.4, 0.5) is 5.00 Å². The predicted octanol–water partition coefficient (Wildman–Crippen LogP) is 4.24. The molecule has 7 heteroatoms. The second-order valence-corrected chi connectivity index (χ2v) is 8.14. The Kier molecular flexibility index (Phi) is 7.53. The second-order valence-electron chi connectivity index (χ2n) is 5.74. The number of thioether (sulfide) groups is 1. The van der Waals surface area contributed by atoms with Gasteiger partial charge in [-0.2, -0.15) is 0 Å². The first-order valence-electron chi connectivity index (χ1n) is 8.35. The molecule has 0 fully saturated rings. The van der Waals surface area contributed by atoms with Gasteiger partial charge in [0.15, 0.2) is 0 Å². The largest absolute Gasteiger partial charge is 0.497 e. The number of rotatable bonds is 8. The standard InChI is InChI=1S/C19H24N2O3S2/c1-12-13(2)26-19(17(12)18(23)20-3)21-16(22)6-5-11-25-15-9-7-14(24-4)8-10-15/h7-10H,5-6,11H2,1-4H3,(H,20,23)(H,21,22). The molecule has 1 aromatic heterocycles. The minimum Gasteiger partial charge on any atom is -0.497 e. The zero-order valence-corrected chi connectivity index (χ0v) is 17.1. The third-order valence-corrected chi connectivity index (χ3v) is 6.19. The van der Waals surface area contributed by atoms with Crippen LogP contribution in [-0.2, 0) is 4.79 Å². The van der Waals surface area contributed by atoms with Crippen molar-refractivity contribution in [2.45, 2.75) is 31.6 Å². The molecule has 0 saturated heterocycles. The highest BCUT2D eigenvalue weighted by molar-refractivity contribution is 7.99. The molecular weight excluding hydrogens is 368 g/mol. The molecular formula is C19H24N2O3S2. The monoisotopic (exact) mass is 392 g/mol. The first-order valence-corrected chi connectivity index (χ1v) is 10.1. The minimum absolute atomic E-state index is 0.0632. The second kappa shape index (κ2) is 9.64. The van der Waals surface area contributed by atoms with Gasteiger partial charge in [-0.3, -0.25) is 9.59 Å². The number of anilines is 1. The van der Waals surface area contributed by atoms with Gasteiger partial charge in [0.1, 0.15) is 10.8 Å². The Bertz CT molecular complexity index is 770. The third-order valence-electron chi connectivity index (χ3n) is 3.97. The van der Waals surface area contributed by atoms with Crippen molar-refractivity contribution in [2.75, 3.05) is 25.2 Å². The maximum absolute atomic E-state index is 12.2. The number of carbonyl (C=O) groups excluding carboxylic acids is 2. The van der Waals surface area contributed by atoms with Crippen LogP contribution in [0.3, 0.4) is 0 Å². The smallest absolute Gasteiger partial charge is 0.254 e. The van der Waals surface area contributed by atoms with Gasteiger partial charge < -0.3 is 15.4 Å². The van der Waals surface area contributed by atoms with Crippen LogP contribution in [0.5, 0.6) is 5.75 Å². The Morgan fingerprint density at radius 2 is 1.88 bits per heavy atom. The molecule has 0 aliphatic rings. The number of benzene rings is 1. The molecule has 0 spiro atoms. The van der Waals surface area contributed by atoms with E-state index in [-0.39, 0.29) is 11.8 Å². The molecule has 1 heterocycles. The van der Waals surface area contributed by atoms with Crippen LogP contribution in [0.15, 0.2) is 29.2 Å². The van der Waals surface area contributed by atoms with E-state index in [1.807, 2.05) is 38.1 Å². The molecule has 26 heavy (non-hydrogen) atoms. The van der Waals surface area contributed by atoms with Crippen molar-refractivity contribution < 1.29 is 14.3 Å². The van der Waals surface area contributed by atoms with Crippen molar-refractivity contribution in [3.63, 3.8) is 0 Å². The minimum atomic E-state index is -0.169. The molecule has 0 bridgehead atoms. The van der Waals surface area contributed by atoms with Gasteiger partial charge in [-0.15, -0.1) is 23.1 Å². The predicted molar refractivity (Wildman–Crippen MR) is 109 cm³/mol. The van der Waals surface area contributed by atoms with Gasteiger partial charge in [-0.05, 0) is 55.9 Å². The number of hydrogen-bond donors (Lipinski definition) is 2. The normalized spacial score (nSPS) is 10.5. The highest BCUT2D eigenvalue weighted by atomic mass is 32.2. The average molecular weight is 393 g/mol. The van der Waals surface area contributed by atoms with E-state index in [1.165, 1.54) is 11.3 Å². The summed E-state index contributed by atoms with van der Waals surface area (Å²) in [7, 11) is 3.24. The molecule has 2 rings (SSSR count). The van der Waals surface area contributed by atoms with E-state index < -0.39 is 0 Å². The Morgan fingerprint density at radius 3 is 2.50 bits per heavy atom. The van der Waals surface area contributed by atoms with Crippen molar-refractivity contribution in [1.82, 2.24) is 5.32 Å². The lowest BCUT2D eigenvalue weighted by Gasteiger charge is -2.07. The lowest BCUT2D eigenvalue weighted by molar-refractivity contribution is -0.116. The summed E-state index contributed by atoms with van der Waals surface area (Å²) in [4.78, 5) is 26.5. The molecule has 0 atom stereocenters. The van der Waals surface area contributed by atoms with Crippen molar-refractivity contribution in [2.24, 2.45) is 0 Å². The first-order chi connectivity index (χ1) is 12.5. The van der Waals surface area contributed by atoms with Gasteiger partial charge in [0.25, 0.3) is 5.91 Å². The van der Waals surface area contributed by atoms with E-state index >= 15 is 0 Å². The number of methoxy groups -OCH3 is 1. The highest BCUT2D eigenvalue weighted by Crippen LogP contribution is 2.32. The van der Waals surface area contributed by atoms with Crippen molar-refractivity contribution >= 4 is 39.9 Å². The molecule has 0 saturated carbocycles. The summed E-state index contributed by atoms with van der Waals surface area (Å²) < 4.78 is 5.14. The molecule has 5 nitrogen and oxygen atoms in total. The molecule has 1 aromatic carbocycles. The Hall–Kier alpha value is -1.99. The lowest BCUT2D eigenvalue weighted by atomic mass is 10.1. The van der Waals surface area contributed by atoms with E-state index in [4.69, 9.17) is 4.74 Å². The zero-order chi connectivity index (χ0) is 19.1. The van der Waals surface area contributed by atoms with Gasteiger partial charge >= 0.3 is 0 Å². The van der Waals surface area contributed by atoms with Crippen molar-refractivity contribution in [1.29, 1.82) is 0 Å². The fourth-order valence-electron chi connectivity index (χ4n) is 2.40. The topological polar surface area (TPSA) is 67.4 Å². The van der Waals surface area contributed by atoms with E-state index in [2.05, 4.69) is 10.6 Å². The van der Waals surface area contributed by atoms with Crippen LogP contribution < -0.4 is 15.4 Å². The maximum Gasteiger partial charge on any atom is 0.254 e. The number of hydrogen-bond acceptors (Lipinski definition) is 5. The number of aryl methyl sites for hydroxylation is 1. The summed E-state index contributed by atoms with van der Waals surface area (Å²) in [5.74, 6) is 1.45. The van der Waals surface area contributed by atoms with Gasteiger partial charge in [-0.25, -0.2) is 0 Å². The van der Waals surface area contributed by atoms with Crippen LogP contribution in [-0.4, -0.2) is 31.7 Å². The van der Waals surface area contributed by atoms with Crippen molar-refractivity contribution in [3.8, 4) is 5.75 Å². The lowest BCUT2D eigenvalue weighted by Crippen LogP contribution is -2.21. The molecule has 2 N–H and O–H groups in total. The molecule has 0 radical (unpaired) electrons. The summed E-state index contributed by atoms with van der Waals surface area (Å²) >= 11 is 3.15. The van der Waals surface area contributed by atoms with Gasteiger partial charge in [-0.1, -0.05) is 0 Å². The summed E-state index contributed by atoms with van der Waals surface area (Å²) in [6.45, 7) is 3.85. The Labute approximate surface area is 162 Å². The number of carbonyl (C=O) groups is 2. The molecule has 2 amide bonds. The van der Waals surface area contributed by atoms with Crippen molar-refractivity contribution in [3.05, 3.63) is 40.3 Å². The van der Waals surface area contributed by atoms with Crippen LogP contribution in [0.2, 0.25) is 0 Å². The van der Waals surface area contributed by atoms with Gasteiger partial charge in [0.2, 0.25) is 5.91 Å². The molecule has 2 aromatic rings. The number of thiophene rings is 1. The van der Waals surface area contributed by atoms with E-state index in [0.29, 0.717) is 17.0 Å². The van der Waals surface area contributed by atoms with Gasteiger partial charge in [0, 0.05) is 23.2 Å². The maximum atomic E-state index is 12.2. The van der Waals surface area contributed by atoms with Crippen LogP contribution in [0.1, 0.15) is 33.6 Å². The van der Waals surface area contributed by atoms with Crippen LogP contribution >= 0.6 is 23.1 Å². The SMILES string of the molecule is CNC(=O)c1c(NC(=O)CCCSc2ccc(OC)cc2)sc(C)c1C. The molecule has 0 unspecified atom stereocenters. The average Bonchev–Trinajstić information content (AvgIpc) is 2.92.